The van der Waals surface area contributed by atoms with Gasteiger partial charge in [-0.15, -0.1) is 0 Å². The number of fused-ring (bicyclic) bond motifs is 5. The van der Waals surface area contributed by atoms with E-state index in [1.165, 1.54) is 0 Å². The molecule has 0 amide bonds. The summed E-state index contributed by atoms with van der Waals surface area (Å²) >= 11 is 0. The minimum atomic E-state index is -0.997. The maximum Gasteiger partial charge on any atom is 0.172 e. The standard InChI is InChI=1S/C47H76O16/c1-22-29-10-11-35(50)46(29,7)36-21-34-45(6)14-13-28(16-27(45)12-15-47(34,62-22)63-36)58-39-19-32(52-8)44(25(4)56-39)61-40-20-33(53-9)43(26(5)57-40)60-38-18-31(49)42(24(3)55-38)59-37-17-30(48)41(51)23(2)54-37/h22-34,36-44,48-49,51H,10-21H2,1-9H3/t22-,23+,24+,25+,26+,27-,28-,29-,30+,31-,32+,33+,34+,36+,37-,38-,39-,40-,41+,42+,43+,44+,45-,46+,47-/m0/s1. The largest absolute Gasteiger partial charge is 0.390 e. The van der Waals surface area contributed by atoms with E-state index in [2.05, 4.69) is 20.8 Å². The Labute approximate surface area is 372 Å². The molecule has 3 aliphatic carbocycles. The molecule has 63 heavy (non-hydrogen) atoms. The zero-order valence-corrected chi connectivity index (χ0v) is 38.8. The van der Waals surface area contributed by atoms with Crippen LogP contribution in [0.1, 0.15) is 126 Å². The zero-order valence-electron chi connectivity index (χ0n) is 38.8. The molecule has 360 valence electrons. The predicted molar refractivity (Wildman–Crippen MR) is 222 cm³/mol. The molecule has 9 fully saturated rings. The molecule has 3 N–H and O–H groups in total. The van der Waals surface area contributed by atoms with Crippen molar-refractivity contribution in [2.75, 3.05) is 14.2 Å². The Balaban J connectivity index is 0.760. The van der Waals surface area contributed by atoms with Crippen molar-refractivity contribution in [3.63, 3.8) is 0 Å². The van der Waals surface area contributed by atoms with Crippen molar-refractivity contribution in [3.8, 4) is 0 Å². The van der Waals surface area contributed by atoms with E-state index in [0.29, 0.717) is 31.0 Å². The second-order valence-corrected chi connectivity index (χ2v) is 21.2. The predicted octanol–water partition coefficient (Wildman–Crippen LogP) is 4.29. The van der Waals surface area contributed by atoms with Crippen LogP contribution in [0.25, 0.3) is 0 Å². The first-order chi connectivity index (χ1) is 30.0. The van der Waals surface area contributed by atoms with Crippen LogP contribution in [0.5, 0.6) is 0 Å². The van der Waals surface area contributed by atoms with Crippen LogP contribution in [0.4, 0.5) is 0 Å². The molecule has 0 aromatic heterocycles. The van der Waals surface area contributed by atoms with Crippen molar-refractivity contribution < 1.29 is 77.0 Å². The molecule has 0 radical (unpaired) electrons. The van der Waals surface area contributed by atoms with Crippen LogP contribution >= 0.6 is 0 Å². The fourth-order valence-corrected chi connectivity index (χ4v) is 13.9. The van der Waals surface area contributed by atoms with Crippen molar-refractivity contribution in [2.24, 2.45) is 28.6 Å². The molecule has 16 heteroatoms. The smallest absolute Gasteiger partial charge is 0.172 e. The van der Waals surface area contributed by atoms with Crippen molar-refractivity contribution in [2.45, 2.75) is 248 Å². The Kier molecular flexibility index (Phi) is 13.6. The van der Waals surface area contributed by atoms with E-state index in [1.807, 2.05) is 13.8 Å². The highest BCUT2D eigenvalue weighted by Crippen LogP contribution is 2.67. The van der Waals surface area contributed by atoms with Gasteiger partial charge in [0, 0.05) is 64.6 Å². The van der Waals surface area contributed by atoms with Gasteiger partial charge in [-0.2, -0.15) is 0 Å². The molecular weight excluding hydrogens is 821 g/mol. The van der Waals surface area contributed by atoms with E-state index in [0.717, 1.165) is 44.9 Å². The topological polar surface area (TPSA) is 189 Å². The molecule has 9 rings (SSSR count). The fourth-order valence-electron chi connectivity index (χ4n) is 13.9. The van der Waals surface area contributed by atoms with Crippen LogP contribution in [-0.2, 0) is 61.6 Å². The lowest BCUT2D eigenvalue weighted by atomic mass is 9.52. The number of aliphatic hydroxyl groups is 3. The lowest BCUT2D eigenvalue weighted by Crippen LogP contribution is -2.58. The molecular formula is C47H76O16. The highest BCUT2D eigenvalue weighted by atomic mass is 16.8. The molecule has 6 heterocycles. The first kappa shape index (κ1) is 47.1. The third-order valence-electron chi connectivity index (χ3n) is 17.6. The Morgan fingerprint density at radius 2 is 1.14 bits per heavy atom. The number of ketones is 1. The molecule has 9 aliphatic rings. The van der Waals surface area contributed by atoms with Crippen LogP contribution in [0, 0.1) is 28.6 Å². The molecule has 6 saturated heterocycles. The maximum atomic E-state index is 13.4. The lowest BCUT2D eigenvalue weighted by molar-refractivity contribution is -0.346. The number of carbonyl (C=O) groups is 1. The third-order valence-corrected chi connectivity index (χ3v) is 17.6. The number of aliphatic hydroxyl groups excluding tert-OH is 3. The van der Waals surface area contributed by atoms with E-state index >= 15 is 0 Å². The quantitative estimate of drug-likeness (QED) is 0.264. The SMILES string of the molecule is CO[C@@H]1C[C@H](O[C@H]2CC[C@@]3(C)[C@@H](CC[C@@]45O[C@@H](C)[C@@H]6CCC(=O)[C@]6(C)[C@@H](C[C@@H]43)O5)C2)O[C@H](C)[C@H]1O[C@H]1C[C@@H](OC)[C@H](O[C@H]2C[C@H](O)[C@H](O[C@H]3C[C@@H](O)[C@H](O)[C@@H](C)O3)[C@@H](C)O2)[C@@H](C)O1. The van der Waals surface area contributed by atoms with Crippen LogP contribution in [0.15, 0.2) is 0 Å². The summed E-state index contributed by atoms with van der Waals surface area (Å²) in [4.78, 5) is 13.4. The number of rotatable bonds is 10. The first-order valence-corrected chi connectivity index (χ1v) is 24.2. The number of ether oxygens (including phenoxy) is 12. The summed E-state index contributed by atoms with van der Waals surface area (Å²) in [5.41, 5.74) is -0.428. The zero-order chi connectivity index (χ0) is 44.7. The summed E-state index contributed by atoms with van der Waals surface area (Å²) in [6, 6.07) is 0. The number of methoxy groups -OCH3 is 2. The normalized spacial score (nSPS) is 56.0. The molecule has 0 aromatic rings. The molecule has 0 aromatic carbocycles. The fraction of sp³-hybridized carbons (Fsp3) is 0.979. The van der Waals surface area contributed by atoms with Gasteiger partial charge in [0.05, 0.1) is 72.6 Å². The average Bonchev–Trinajstić information content (AvgIpc) is 3.75. The first-order valence-electron chi connectivity index (χ1n) is 24.2. The lowest BCUT2D eigenvalue weighted by Gasteiger charge is -2.57. The number of Topliss-reactive ketones (excluding diaryl/α,β-unsaturated/α-hetero) is 1. The van der Waals surface area contributed by atoms with Gasteiger partial charge in [-0.25, -0.2) is 0 Å². The van der Waals surface area contributed by atoms with Crippen LogP contribution < -0.4 is 0 Å². The van der Waals surface area contributed by atoms with Gasteiger partial charge in [-0.3, -0.25) is 4.79 Å². The monoisotopic (exact) mass is 897 g/mol. The molecule has 25 atom stereocenters. The van der Waals surface area contributed by atoms with Crippen molar-refractivity contribution in [1.29, 1.82) is 0 Å². The molecule has 6 aliphatic heterocycles. The van der Waals surface area contributed by atoms with Crippen LogP contribution in [0.2, 0.25) is 0 Å². The second-order valence-electron chi connectivity index (χ2n) is 21.2. The minimum Gasteiger partial charge on any atom is -0.390 e. The minimum absolute atomic E-state index is 0.00173. The van der Waals surface area contributed by atoms with Gasteiger partial charge in [0.15, 0.2) is 30.9 Å². The molecule has 16 nitrogen and oxygen atoms in total. The van der Waals surface area contributed by atoms with Crippen molar-refractivity contribution >= 4 is 5.78 Å². The molecule has 1 spiro atoms. The van der Waals surface area contributed by atoms with E-state index in [1.54, 1.807) is 28.1 Å². The summed E-state index contributed by atoms with van der Waals surface area (Å²) < 4.78 is 76.7. The number of carbonyl (C=O) groups excluding carboxylic acids is 1. The highest BCUT2D eigenvalue weighted by molar-refractivity contribution is 5.88. The third kappa shape index (κ3) is 8.53. The molecule has 0 unspecified atom stereocenters. The van der Waals surface area contributed by atoms with Crippen molar-refractivity contribution in [3.05, 3.63) is 0 Å². The Hall–Kier alpha value is -0.930. The van der Waals surface area contributed by atoms with Crippen molar-refractivity contribution in [1.82, 2.24) is 0 Å². The summed E-state index contributed by atoms with van der Waals surface area (Å²) in [5, 5.41) is 31.4. The van der Waals surface area contributed by atoms with Gasteiger partial charge in [0.2, 0.25) is 0 Å². The summed E-state index contributed by atoms with van der Waals surface area (Å²) in [6.45, 7) is 14.1. The Morgan fingerprint density at radius 1 is 0.587 bits per heavy atom. The van der Waals surface area contributed by atoms with Crippen LogP contribution in [0.3, 0.4) is 0 Å². The average molecular weight is 897 g/mol. The Morgan fingerprint density at radius 3 is 1.75 bits per heavy atom. The second kappa shape index (κ2) is 18.2. The van der Waals surface area contributed by atoms with Gasteiger partial charge in [0.25, 0.3) is 0 Å². The number of hydrogen-bond acceptors (Lipinski definition) is 16. The van der Waals surface area contributed by atoms with E-state index in [-0.39, 0.29) is 60.6 Å². The summed E-state index contributed by atoms with van der Waals surface area (Å²) in [5.74, 6) is 0.677. The Bertz CT molecular complexity index is 1580. The number of hydrogen-bond donors (Lipinski definition) is 3. The van der Waals surface area contributed by atoms with Gasteiger partial charge in [-0.1, -0.05) is 6.92 Å². The maximum absolute atomic E-state index is 13.4. The van der Waals surface area contributed by atoms with Gasteiger partial charge < -0.3 is 72.2 Å². The summed E-state index contributed by atoms with van der Waals surface area (Å²) in [7, 11) is 3.33. The van der Waals surface area contributed by atoms with E-state index in [4.69, 9.17) is 56.8 Å². The molecule has 2 bridgehead atoms. The highest BCUT2D eigenvalue weighted by Gasteiger charge is 2.70. The summed E-state index contributed by atoms with van der Waals surface area (Å²) in [6.07, 6.45) is -1.47. The van der Waals surface area contributed by atoms with Gasteiger partial charge in [0.1, 0.15) is 30.2 Å². The molecule has 3 saturated carbocycles. The van der Waals surface area contributed by atoms with Gasteiger partial charge >= 0.3 is 0 Å². The van der Waals surface area contributed by atoms with E-state index in [9.17, 15) is 20.1 Å². The van der Waals surface area contributed by atoms with Crippen LogP contribution in [-0.4, -0.2) is 158 Å². The van der Waals surface area contributed by atoms with Gasteiger partial charge in [-0.05, 0) is 91.4 Å². The van der Waals surface area contributed by atoms with E-state index < -0.39 is 97.4 Å².